The Morgan fingerprint density at radius 2 is 1.25 bits per heavy atom. The predicted octanol–water partition coefficient (Wildman–Crippen LogP) is 1.07. The van der Waals surface area contributed by atoms with Crippen LogP contribution in [0.15, 0.2) is 0 Å². The van der Waals surface area contributed by atoms with Crippen LogP contribution in [0.4, 0.5) is 0 Å². The third-order valence-electron chi connectivity index (χ3n) is 0.302. The number of carbonyl (C=O) groups is 2. The van der Waals surface area contributed by atoms with Gasteiger partial charge in [-0.25, -0.2) is 0 Å². The molecule has 0 aromatic heterocycles. The van der Waals surface area contributed by atoms with Crippen molar-refractivity contribution in [1.29, 1.82) is 0 Å². The van der Waals surface area contributed by atoms with Crippen molar-refractivity contribution in [3.63, 3.8) is 0 Å². The number of carbonyl (C=O) groups excluding carboxylic acids is 1. The third kappa shape index (κ3) is 493. The first-order valence-electron chi connectivity index (χ1n) is 3.72. The summed E-state index contributed by atoms with van der Waals surface area (Å²) in [4.78, 5) is 18.8. The molecule has 0 radical (unpaired) electrons. The van der Waals surface area contributed by atoms with Crippen LogP contribution in [0, 0.1) is 0 Å². The number of hydrogen-bond acceptors (Lipinski definition) is 3. The highest BCUT2D eigenvalue weighted by molar-refractivity contribution is 5.72. The maximum Gasteiger partial charge on any atom is 0.303 e. The van der Waals surface area contributed by atoms with Gasteiger partial charge in [0.15, 0.2) is 0 Å². The van der Waals surface area contributed by atoms with Crippen LogP contribution < -0.4 is 0 Å². The summed E-state index contributed by atoms with van der Waals surface area (Å²) in [5, 5.41) is 15.3. The van der Waals surface area contributed by atoms with Gasteiger partial charge in [0.2, 0.25) is 0 Å². The van der Waals surface area contributed by atoms with E-state index < -0.39 is 5.97 Å². The molecule has 0 aliphatic heterocycles. The Labute approximate surface area is 73.2 Å². The van der Waals surface area contributed by atoms with Crippen LogP contribution in [0.2, 0.25) is 0 Å². The van der Waals surface area contributed by atoms with Crippen molar-refractivity contribution in [2.75, 3.05) is 6.61 Å². The maximum absolute atomic E-state index is 9.44. The zero-order valence-electron chi connectivity index (χ0n) is 8.13. The Morgan fingerprint density at radius 1 is 1.17 bits per heavy atom. The minimum absolute atomic E-state index is 0.167. The number of carboxylic acids is 1. The van der Waals surface area contributed by atoms with Gasteiger partial charge in [0, 0.05) is 13.0 Å². The molecule has 12 heavy (non-hydrogen) atoms. The summed E-state index contributed by atoms with van der Waals surface area (Å²) in [6, 6.07) is 0. The van der Waals surface area contributed by atoms with Crippen LogP contribution in [0.25, 0.3) is 0 Å². The lowest BCUT2D eigenvalue weighted by atomic mass is 10.5. The van der Waals surface area contributed by atoms with Crippen molar-refractivity contribution < 1.29 is 19.8 Å². The monoisotopic (exact) mass is 178 g/mol. The number of aliphatic carboxylic acids is 1. The molecule has 0 saturated carbocycles. The highest BCUT2D eigenvalue weighted by Crippen LogP contribution is 1.67. The Bertz CT molecular complexity index is 106. The number of rotatable bonds is 1. The van der Waals surface area contributed by atoms with E-state index in [0.717, 1.165) is 0 Å². The zero-order chi connectivity index (χ0) is 10.6. The predicted molar refractivity (Wildman–Crippen MR) is 47.0 cm³/mol. The van der Waals surface area contributed by atoms with E-state index in [1.165, 1.54) is 13.8 Å². The van der Waals surface area contributed by atoms with Crippen molar-refractivity contribution in [3.8, 4) is 0 Å². The van der Waals surface area contributed by atoms with Gasteiger partial charge >= 0.3 is 5.97 Å². The molecule has 2 N–H and O–H groups in total. The molecular formula is C8H18O4. The zero-order valence-corrected chi connectivity index (χ0v) is 8.13. The van der Waals surface area contributed by atoms with E-state index >= 15 is 0 Å². The van der Waals surface area contributed by atoms with Gasteiger partial charge in [0.05, 0.1) is 0 Å². The maximum atomic E-state index is 9.44. The number of carboxylic acid groups (broad SMARTS) is 1. The molecule has 0 atom stereocenters. The van der Waals surface area contributed by atoms with Gasteiger partial charge in [-0.2, -0.15) is 0 Å². The van der Waals surface area contributed by atoms with E-state index in [0.29, 0.717) is 0 Å². The first-order valence-corrected chi connectivity index (χ1v) is 3.72. The second-order valence-electron chi connectivity index (χ2n) is 1.97. The summed E-state index contributed by atoms with van der Waals surface area (Å²) in [5.74, 6) is -0.579. The van der Waals surface area contributed by atoms with E-state index in [9.17, 15) is 9.59 Å². The topological polar surface area (TPSA) is 74.6 Å². The quantitative estimate of drug-likeness (QED) is 0.630. The lowest BCUT2D eigenvalue weighted by molar-refractivity contribution is -0.136. The van der Waals surface area contributed by atoms with Crippen molar-refractivity contribution >= 4 is 11.8 Å². The summed E-state index contributed by atoms with van der Waals surface area (Å²) in [5.41, 5.74) is 0. The minimum atomic E-state index is -0.745. The molecule has 74 valence electrons. The van der Waals surface area contributed by atoms with E-state index in [-0.39, 0.29) is 18.8 Å². The first kappa shape index (κ1) is 17.3. The Morgan fingerprint density at radius 3 is 1.25 bits per heavy atom. The second-order valence-corrected chi connectivity index (χ2v) is 1.97. The van der Waals surface area contributed by atoms with Crippen molar-refractivity contribution in [1.82, 2.24) is 0 Å². The summed E-state index contributed by atoms with van der Waals surface area (Å²) >= 11 is 0. The first-order chi connectivity index (χ1) is 5.42. The molecule has 0 aliphatic rings. The third-order valence-corrected chi connectivity index (χ3v) is 0.302. The molecule has 0 aromatic rings. The standard InChI is InChI=1S/C3H6O2.C3H6O.C2H6O/c1-2-3(4)5;1-3(2)4;1-2-3/h2H2,1H3,(H,4,5);1-2H3;3H,2H2,1H3. The summed E-state index contributed by atoms with van der Waals surface area (Å²) < 4.78 is 0. The molecule has 0 saturated heterocycles. The number of aliphatic hydroxyl groups is 1. The van der Waals surface area contributed by atoms with Crippen molar-refractivity contribution in [2.45, 2.75) is 34.1 Å². The molecule has 0 unspecified atom stereocenters. The van der Waals surface area contributed by atoms with Crippen LogP contribution in [-0.2, 0) is 9.59 Å². The van der Waals surface area contributed by atoms with Gasteiger partial charge in [0.25, 0.3) is 0 Å². The van der Waals surface area contributed by atoms with E-state index in [1.807, 2.05) is 0 Å². The second kappa shape index (κ2) is 16.6. The fourth-order valence-electron chi connectivity index (χ4n) is 0. The summed E-state index contributed by atoms with van der Waals surface area (Å²) in [7, 11) is 0. The van der Waals surface area contributed by atoms with Crippen LogP contribution in [0.5, 0.6) is 0 Å². The Kier molecular flexibility index (Phi) is 23.9. The molecule has 0 heterocycles. The molecule has 0 spiro atoms. The molecule has 0 aliphatic carbocycles. The van der Waals surface area contributed by atoms with Crippen molar-refractivity contribution in [2.24, 2.45) is 0 Å². The molecular weight excluding hydrogens is 160 g/mol. The van der Waals surface area contributed by atoms with Gasteiger partial charge in [0.1, 0.15) is 5.78 Å². The van der Waals surface area contributed by atoms with Gasteiger partial charge in [-0.05, 0) is 20.8 Å². The summed E-state index contributed by atoms with van der Waals surface area (Å²) in [6.45, 7) is 6.59. The Hall–Kier alpha value is -0.900. The highest BCUT2D eigenvalue weighted by atomic mass is 16.4. The lowest BCUT2D eigenvalue weighted by Crippen LogP contribution is -1.86. The molecule has 4 heteroatoms. The number of Topliss-reactive ketones (excluding diaryl/α,β-unsaturated/α-hetero) is 1. The molecule has 0 rings (SSSR count). The van der Waals surface area contributed by atoms with E-state index in [2.05, 4.69) is 0 Å². The fourth-order valence-corrected chi connectivity index (χ4v) is 0. The largest absolute Gasteiger partial charge is 0.481 e. The van der Waals surface area contributed by atoms with Crippen LogP contribution in [-0.4, -0.2) is 28.6 Å². The van der Waals surface area contributed by atoms with Gasteiger partial charge in [-0.1, -0.05) is 6.92 Å². The van der Waals surface area contributed by atoms with Crippen molar-refractivity contribution in [3.05, 3.63) is 0 Å². The Balaban J connectivity index is -0.000000105. The number of ketones is 1. The highest BCUT2D eigenvalue weighted by Gasteiger charge is 1.80. The van der Waals surface area contributed by atoms with Gasteiger partial charge in [-0.15, -0.1) is 0 Å². The average Bonchev–Trinajstić information content (AvgIpc) is 1.88. The number of aliphatic hydroxyl groups excluding tert-OH is 1. The van der Waals surface area contributed by atoms with Crippen LogP contribution in [0.3, 0.4) is 0 Å². The fraction of sp³-hybridized carbons (Fsp3) is 0.750. The molecule has 4 nitrogen and oxygen atoms in total. The summed E-state index contributed by atoms with van der Waals surface area (Å²) in [6.07, 6.45) is 0.222. The number of hydrogen-bond donors (Lipinski definition) is 2. The van der Waals surface area contributed by atoms with Gasteiger partial charge in [-0.3, -0.25) is 4.79 Å². The molecule has 0 bridgehead atoms. The SMILES string of the molecule is CC(C)=O.CCC(=O)O.CCO. The van der Waals surface area contributed by atoms with Crippen LogP contribution >= 0.6 is 0 Å². The lowest BCUT2D eigenvalue weighted by Gasteiger charge is -1.71. The minimum Gasteiger partial charge on any atom is -0.481 e. The van der Waals surface area contributed by atoms with Crippen LogP contribution in [0.1, 0.15) is 34.1 Å². The smallest absolute Gasteiger partial charge is 0.303 e. The molecule has 0 amide bonds. The molecule has 0 fully saturated rings. The van der Waals surface area contributed by atoms with E-state index in [1.54, 1.807) is 13.8 Å². The van der Waals surface area contributed by atoms with Gasteiger partial charge < -0.3 is 15.0 Å². The average molecular weight is 178 g/mol. The normalized spacial score (nSPS) is 6.75. The van der Waals surface area contributed by atoms with E-state index in [4.69, 9.17) is 10.2 Å². The molecule has 0 aromatic carbocycles.